The molecule has 2 N–H and O–H groups in total. The molecule has 0 radical (unpaired) electrons. The number of fused-ring (bicyclic) bond motifs is 2. The van der Waals surface area contributed by atoms with Gasteiger partial charge in [0.2, 0.25) is 11.8 Å². The van der Waals surface area contributed by atoms with Crippen LogP contribution in [-0.4, -0.2) is 70.1 Å². The summed E-state index contributed by atoms with van der Waals surface area (Å²) in [4.78, 5) is 62.1. The van der Waals surface area contributed by atoms with Crippen LogP contribution in [0.2, 0.25) is 0 Å². The van der Waals surface area contributed by atoms with Crippen molar-refractivity contribution in [1.82, 2.24) is 14.9 Å². The minimum Gasteiger partial charge on any atom is -0.443 e. The van der Waals surface area contributed by atoms with Crippen LogP contribution in [0.4, 0.5) is 4.79 Å². The lowest BCUT2D eigenvalue weighted by Crippen LogP contribution is -2.74. The van der Waals surface area contributed by atoms with Crippen molar-refractivity contribution >= 4 is 34.6 Å². The molecule has 10 heteroatoms. The molecular weight excluding hydrogens is 536 g/mol. The first kappa shape index (κ1) is 29.1. The Labute approximate surface area is 244 Å². The second-order valence-electron chi connectivity index (χ2n) is 11.2. The van der Waals surface area contributed by atoms with Crippen LogP contribution in [0.25, 0.3) is 10.8 Å². The van der Waals surface area contributed by atoms with E-state index < -0.39 is 42.6 Å². The van der Waals surface area contributed by atoms with Crippen molar-refractivity contribution in [3.8, 4) is 0 Å². The van der Waals surface area contributed by atoms with Gasteiger partial charge >= 0.3 is 6.09 Å². The Morgan fingerprint density at radius 1 is 0.976 bits per heavy atom. The third-order valence-corrected chi connectivity index (χ3v) is 7.72. The fraction of sp³-hybridized carbons (Fsp3) is 0.375. The van der Waals surface area contributed by atoms with Crippen molar-refractivity contribution in [3.05, 3.63) is 83.9 Å². The molecule has 2 aliphatic heterocycles. The Kier molecular flexibility index (Phi) is 8.72. The third-order valence-electron chi connectivity index (χ3n) is 7.72. The number of benzene rings is 3. The first-order valence-electron chi connectivity index (χ1n) is 14.3. The highest BCUT2D eigenvalue weighted by Crippen LogP contribution is 2.31. The average molecular weight is 573 g/mol. The van der Waals surface area contributed by atoms with Gasteiger partial charge in [-0.1, -0.05) is 86.6 Å². The molecule has 5 rings (SSSR count). The van der Waals surface area contributed by atoms with Gasteiger partial charge in [0.15, 0.2) is 12.3 Å². The van der Waals surface area contributed by atoms with E-state index in [0.717, 1.165) is 33.4 Å². The highest BCUT2D eigenvalue weighted by molar-refractivity contribution is 5.94. The largest absolute Gasteiger partial charge is 0.443 e. The molecule has 0 bridgehead atoms. The van der Waals surface area contributed by atoms with Crippen LogP contribution in [0.3, 0.4) is 0 Å². The maximum atomic E-state index is 13.8. The van der Waals surface area contributed by atoms with Crippen LogP contribution in [0.15, 0.2) is 72.8 Å². The monoisotopic (exact) mass is 572 g/mol. The summed E-state index contributed by atoms with van der Waals surface area (Å²) in [5.41, 5.74) is 7.10. The second-order valence-corrected chi connectivity index (χ2v) is 11.2. The summed E-state index contributed by atoms with van der Waals surface area (Å²) >= 11 is 0. The highest BCUT2D eigenvalue weighted by Gasteiger charge is 2.53. The van der Waals surface area contributed by atoms with Gasteiger partial charge in [0, 0.05) is 13.0 Å². The molecule has 3 aromatic rings. The Bertz CT molecular complexity index is 1460. The summed E-state index contributed by atoms with van der Waals surface area (Å²) in [7, 11) is 0. The SMILES string of the molecule is CC(C)CCN1C[C@@H]2N(C(=O)OCc3cccc4ccccc34)O[C@@H](CC(N)=O)C(=O)N2[C@@H](Cc2ccccc2)C1=O. The first-order valence-corrected chi connectivity index (χ1v) is 14.3. The summed E-state index contributed by atoms with van der Waals surface area (Å²) in [6.07, 6.45) is -2.59. The van der Waals surface area contributed by atoms with Crippen molar-refractivity contribution in [2.75, 3.05) is 13.1 Å². The predicted octanol–water partition coefficient (Wildman–Crippen LogP) is 3.62. The van der Waals surface area contributed by atoms with Gasteiger partial charge in [-0.15, -0.1) is 0 Å². The number of nitrogens with two attached hydrogens (primary N) is 1. The van der Waals surface area contributed by atoms with Crippen LogP contribution in [-0.2, 0) is 37.0 Å². The maximum absolute atomic E-state index is 13.8. The smallest absolute Gasteiger partial charge is 0.436 e. The van der Waals surface area contributed by atoms with Crippen LogP contribution < -0.4 is 5.73 Å². The van der Waals surface area contributed by atoms with E-state index in [-0.39, 0.29) is 25.5 Å². The average Bonchev–Trinajstić information content (AvgIpc) is 2.98. The molecule has 220 valence electrons. The standard InChI is InChI=1S/C32H36N4O6/c1-21(2)15-16-34-19-29-35(26(30(34)38)17-22-9-4-3-5-10-22)31(39)27(18-28(33)37)42-36(29)32(40)41-20-24-13-8-12-23-11-6-7-14-25(23)24/h3-14,21,26-27,29H,15-20H2,1-2H3,(H2,33,37)/t26-,27-,29-/m0/s1. The number of primary amides is 1. The van der Waals surface area contributed by atoms with E-state index >= 15 is 0 Å². The van der Waals surface area contributed by atoms with Crippen molar-refractivity contribution in [1.29, 1.82) is 0 Å². The van der Waals surface area contributed by atoms with Gasteiger partial charge in [0.25, 0.3) is 5.91 Å². The molecule has 2 fully saturated rings. The molecule has 0 spiro atoms. The van der Waals surface area contributed by atoms with Gasteiger partial charge in [-0.25, -0.2) is 4.79 Å². The Morgan fingerprint density at radius 2 is 1.69 bits per heavy atom. The van der Waals surface area contributed by atoms with Crippen molar-refractivity contribution in [3.63, 3.8) is 0 Å². The van der Waals surface area contributed by atoms with Crippen molar-refractivity contribution in [2.24, 2.45) is 11.7 Å². The second kappa shape index (κ2) is 12.6. The van der Waals surface area contributed by atoms with Gasteiger partial charge in [0.05, 0.1) is 13.0 Å². The Balaban J connectivity index is 1.46. The maximum Gasteiger partial charge on any atom is 0.436 e. The van der Waals surface area contributed by atoms with E-state index in [4.69, 9.17) is 15.3 Å². The van der Waals surface area contributed by atoms with Gasteiger partial charge in [0.1, 0.15) is 12.6 Å². The summed E-state index contributed by atoms with van der Waals surface area (Å²) in [6.45, 7) is 4.62. The number of carbonyl (C=O) groups excluding carboxylic acids is 4. The molecule has 42 heavy (non-hydrogen) atoms. The normalized spacial score (nSPS) is 20.6. The van der Waals surface area contributed by atoms with Crippen LogP contribution >= 0.6 is 0 Å². The van der Waals surface area contributed by atoms with Crippen molar-refractivity contribution in [2.45, 2.75) is 58.0 Å². The van der Waals surface area contributed by atoms with Crippen LogP contribution in [0.1, 0.15) is 37.8 Å². The molecule has 0 aromatic heterocycles. The first-order chi connectivity index (χ1) is 20.2. The van der Waals surface area contributed by atoms with E-state index in [9.17, 15) is 19.2 Å². The van der Waals surface area contributed by atoms with E-state index in [2.05, 4.69) is 13.8 Å². The summed E-state index contributed by atoms with van der Waals surface area (Å²) < 4.78 is 5.73. The van der Waals surface area contributed by atoms with Gasteiger partial charge in [-0.2, -0.15) is 5.06 Å². The number of hydrogen-bond donors (Lipinski definition) is 1. The number of hydrogen-bond acceptors (Lipinski definition) is 6. The fourth-order valence-corrected chi connectivity index (χ4v) is 5.55. The zero-order valence-corrected chi connectivity index (χ0v) is 23.8. The topological polar surface area (TPSA) is 122 Å². The van der Waals surface area contributed by atoms with Gasteiger partial charge in [-0.05, 0) is 34.2 Å². The summed E-state index contributed by atoms with van der Waals surface area (Å²) in [5, 5.41) is 2.96. The Morgan fingerprint density at radius 3 is 2.43 bits per heavy atom. The lowest BCUT2D eigenvalue weighted by atomic mass is 9.97. The van der Waals surface area contributed by atoms with E-state index in [0.29, 0.717) is 12.5 Å². The lowest BCUT2D eigenvalue weighted by molar-refractivity contribution is -0.267. The fourth-order valence-electron chi connectivity index (χ4n) is 5.55. The molecule has 10 nitrogen and oxygen atoms in total. The number of hydroxylamine groups is 2. The molecule has 0 saturated carbocycles. The lowest BCUT2D eigenvalue weighted by Gasteiger charge is -2.52. The molecule has 0 unspecified atom stereocenters. The molecule has 2 saturated heterocycles. The van der Waals surface area contributed by atoms with Crippen LogP contribution in [0, 0.1) is 5.92 Å². The number of nitrogens with zero attached hydrogens (tertiary/aromatic N) is 3. The van der Waals surface area contributed by atoms with E-state index in [1.807, 2.05) is 72.8 Å². The molecule has 2 heterocycles. The predicted molar refractivity (Wildman–Crippen MR) is 155 cm³/mol. The molecule has 2 aliphatic rings. The zero-order chi connectivity index (χ0) is 29.8. The number of piperazine rings is 1. The highest BCUT2D eigenvalue weighted by atomic mass is 16.7. The van der Waals surface area contributed by atoms with Gasteiger partial charge in [-0.3, -0.25) is 19.2 Å². The van der Waals surface area contributed by atoms with E-state index in [1.54, 1.807) is 4.90 Å². The minimum absolute atomic E-state index is 0.0371. The number of amides is 4. The third kappa shape index (κ3) is 6.23. The minimum atomic E-state index is -1.36. The molecular formula is C32H36N4O6. The van der Waals surface area contributed by atoms with Crippen molar-refractivity contribution < 1.29 is 28.8 Å². The molecule has 0 aliphatic carbocycles. The summed E-state index contributed by atoms with van der Waals surface area (Å²) in [6, 6.07) is 22.0. The number of ether oxygens (including phenoxy) is 1. The summed E-state index contributed by atoms with van der Waals surface area (Å²) in [5.74, 6) is -1.20. The zero-order valence-electron chi connectivity index (χ0n) is 23.8. The van der Waals surface area contributed by atoms with E-state index in [1.165, 1.54) is 4.90 Å². The molecule has 4 amide bonds. The molecule has 3 atom stereocenters. The number of rotatable bonds is 9. The molecule has 3 aromatic carbocycles. The quantitative estimate of drug-likeness (QED) is 0.418. The Hall–Kier alpha value is -4.44. The van der Waals surface area contributed by atoms with Crippen LogP contribution in [0.5, 0.6) is 0 Å². The number of carbonyl (C=O) groups is 4. The van der Waals surface area contributed by atoms with Gasteiger partial charge < -0.3 is 20.3 Å².